The Kier molecular flexibility index (Phi) is 4.94. The van der Waals surface area contributed by atoms with Crippen molar-refractivity contribution < 1.29 is 0 Å². The van der Waals surface area contributed by atoms with Crippen LogP contribution < -0.4 is 0 Å². The molecule has 0 fully saturated rings. The van der Waals surface area contributed by atoms with Crippen molar-refractivity contribution in [1.29, 1.82) is 0 Å². The van der Waals surface area contributed by atoms with Crippen molar-refractivity contribution in [1.82, 2.24) is 10.2 Å². The lowest BCUT2D eigenvalue weighted by molar-refractivity contribution is 0.647. The molecule has 2 nitrogen and oxygen atoms in total. The van der Waals surface area contributed by atoms with E-state index in [1.807, 2.05) is 6.20 Å². The smallest absolute Gasteiger partial charge is 0.101 e. The molecule has 3 rings (SSSR count). The molecule has 0 atom stereocenters. The normalized spacial score (nSPS) is 11.6. The summed E-state index contributed by atoms with van der Waals surface area (Å²) in [7, 11) is 0. The standard InChI is InChI=1S/C22H26N2/c1-15(2)11-17-5-8-19(9-6-17)22-21-13-18(12-16(3)4)7-10-20(21)14-23-24-22/h5-10,13-16H,11-12H2,1-4H3. The second kappa shape index (κ2) is 7.12. The number of aromatic nitrogens is 2. The van der Waals surface area contributed by atoms with Crippen molar-refractivity contribution in [2.24, 2.45) is 11.8 Å². The maximum Gasteiger partial charge on any atom is 0.101 e. The van der Waals surface area contributed by atoms with E-state index in [9.17, 15) is 0 Å². The van der Waals surface area contributed by atoms with E-state index in [-0.39, 0.29) is 0 Å². The molecule has 24 heavy (non-hydrogen) atoms. The van der Waals surface area contributed by atoms with Gasteiger partial charge in [0.25, 0.3) is 0 Å². The zero-order valence-corrected chi connectivity index (χ0v) is 15.1. The van der Waals surface area contributed by atoms with Crippen LogP contribution in [0.25, 0.3) is 22.0 Å². The highest BCUT2D eigenvalue weighted by molar-refractivity contribution is 5.94. The fraction of sp³-hybridized carbons (Fsp3) is 0.364. The minimum Gasteiger partial charge on any atom is -0.158 e. The molecule has 0 saturated heterocycles. The van der Waals surface area contributed by atoms with Gasteiger partial charge in [-0.15, -0.1) is 5.10 Å². The van der Waals surface area contributed by atoms with Crippen molar-refractivity contribution in [3.8, 4) is 11.3 Å². The average molecular weight is 318 g/mol. The Balaban J connectivity index is 2.01. The van der Waals surface area contributed by atoms with E-state index in [1.165, 1.54) is 16.5 Å². The van der Waals surface area contributed by atoms with Crippen LogP contribution in [0.4, 0.5) is 0 Å². The van der Waals surface area contributed by atoms with Crippen LogP contribution in [0.1, 0.15) is 38.8 Å². The van der Waals surface area contributed by atoms with E-state index in [2.05, 4.69) is 80.4 Å². The molecule has 0 unspecified atom stereocenters. The Morgan fingerprint density at radius 1 is 0.792 bits per heavy atom. The van der Waals surface area contributed by atoms with Gasteiger partial charge in [0, 0.05) is 16.3 Å². The van der Waals surface area contributed by atoms with Crippen LogP contribution in [0, 0.1) is 11.8 Å². The summed E-state index contributed by atoms with van der Waals surface area (Å²) in [4.78, 5) is 0. The number of nitrogens with zero attached hydrogens (tertiary/aromatic N) is 2. The van der Waals surface area contributed by atoms with E-state index >= 15 is 0 Å². The average Bonchev–Trinajstić information content (AvgIpc) is 2.54. The summed E-state index contributed by atoms with van der Waals surface area (Å²) < 4.78 is 0. The first kappa shape index (κ1) is 16.6. The first-order valence-corrected chi connectivity index (χ1v) is 8.86. The van der Waals surface area contributed by atoms with Crippen molar-refractivity contribution in [2.45, 2.75) is 40.5 Å². The lowest BCUT2D eigenvalue weighted by Crippen LogP contribution is -1.96. The van der Waals surface area contributed by atoms with Gasteiger partial charge in [0.15, 0.2) is 0 Å². The monoisotopic (exact) mass is 318 g/mol. The van der Waals surface area contributed by atoms with Crippen LogP contribution in [-0.2, 0) is 12.8 Å². The van der Waals surface area contributed by atoms with Crippen LogP contribution in [0.5, 0.6) is 0 Å². The van der Waals surface area contributed by atoms with Crippen molar-refractivity contribution >= 4 is 10.8 Å². The van der Waals surface area contributed by atoms with Gasteiger partial charge in [-0.1, -0.05) is 64.1 Å². The van der Waals surface area contributed by atoms with E-state index in [1.54, 1.807) is 0 Å². The molecule has 0 radical (unpaired) electrons. The number of rotatable bonds is 5. The number of benzene rings is 2. The zero-order valence-electron chi connectivity index (χ0n) is 15.1. The summed E-state index contributed by atoms with van der Waals surface area (Å²) in [6.45, 7) is 9.01. The lowest BCUT2D eigenvalue weighted by Gasteiger charge is -2.10. The number of fused-ring (bicyclic) bond motifs is 1. The van der Waals surface area contributed by atoms with Gasteiger partial charge in [0.05, 0.1) is 6.20 Å². The maximum absolute atomic E-state index is 4.44. The first-order chi connectivity index (χ1) is 11.5. The molecule has 0 saturated carbocycles. The summed E-state index contributed by atoms with van der Waals surface area (Å²) >= 11 is 0. The number of hydrogen-bond acceptors (Lipinski definition) is 2. The van der Waals surface area contributed by atoms with Gasteiger partial charge in [0.1, 0.15) is 5.69 Å². The fourth-order valence-corrected chi connectivity index (χ4v) is 3.21. The van der Waals surface area contributed by atoms with Crippen molar-refractivity contribution in [2.75, 3.05) is 0 Å². The summed E-state index contributed by atoms with van der Waals surface area (Å²) in [6.07, 6.45) is 4.05. The SMILES string of the molecule is CC(C)Cc1ccc(-c2nncc3ccc(CC(C)C)cc23)cc1. The highest BCUT2D eigenvalue weighted by atomic mass is 15.1. The molecule has 1 aromatic heterocycles. The third kappa shape index (κ3) is 3.81. The molecule has 124 valence electrons. The molecule has 0 aliphatic heterocycles. The number of hydrogen-bond donors (Lipinski definition) is 0. The minimum atomic E-state index is 0.649. The Morgan fingerprint density at radius 3 is 2.08 bits per heavy atom. The van der Waals surface area contributed by atoms with Crippen molar-refractivity contribution in [3.05, 3.63) is 59.8 Å². The van der Waals surface area contributed by atoms with Gasteiger partial charge in [-0.05, 0) is 41.9 Å². The highest BCUT2D eigenvalue weighted by Gasteiger charge is 2.09. The maximum atomic E-state index is 4.44. The zero-order chi connectivity index (χ0) is 17.1. The molecule has 0 amide bonds. The van der Waals surface area contributed by atoms with Crippen LogP contribution in [0.15, 0.2) is 48.7 Å². The molecule has 0 N–H and O–H groups in total. The van der Waals surface area contributed by atoms with Gasteiger partial charge in [-0.25, -0.2) is 0 Å². The molecule has 1 heterocycles. The molecule has 0 bridgehead atoms. The van der Waals surface area contributed by atoms with Crippen molar-refractivity contribution in [3.63, 3.8) is 0 Å². The predicted octanol–water partition coefficient (Wildman–Crippen LogP) is 5.69. The molecular weight excluding hydrogens is 292 g/mol. The minimum absolute atomic E-state index is 0.649. The molecule has 2 heteroatoms. The third-order valence-corrected chi connectivity index (χ3v) is 4.24. The summed E-state index contributed by atoms with van der Waals surface area (Å²) in [5, 5.41) is 11.0. The highest BCUT2D eigenvalue weighted by Crippen LogP contribution is 2.27. The van der Waals surface area contributed by atoms with Gasteiger partial charge in [0.2, 0.25) is 0 Å². The third-order valence-electron chi connectivity index (χ3n) is 4.24. The molecule has 2 aromatic carbocycles. The van der Waals surface area contributed by atoms with E-state index < -0.39 is 0 Å². The van der Waals surface area contributed by atoms with Crippen LogP contribution >= 0.6 is 0 Å². The first-order valence-electron chi connectivity index (χ1n) is 8.86. The van der Waals surface area contributed by atoms with E-state index in [0.29, 0.717) is 11.8 Å². The largest absolute Gasteiger partial charge is 0.158 e. The van der Waals surface area contributed by atoms with Gasteiger partial charge < -0.3 is 0 Å². The Bertz CT molecular complexity index is 817. The van der Waals surface area contributed by atoms with E-state index in [4.69, 9.17) is 0 Å². The van der Waals surface area contributed by atoms with Crippen LogP contribution in [0.3, 0.4) is 0 Å². The van der Waals surface area contributed by atoms with Gasteiger partial charge >= 0.3 is 0 Å². The Hall–Kier alpha value is -2.22. The summed E-state index contributed by atoms with van der Waals surface area (Å²) in [5.41, 5.74) is 4.86. The van der Waals surface area contributed by atoms with Crippen LogP contribution in [0.2, 0.25) is 0 Å². The predicted molar refractivity (Wildman–Crippen MR) is 102 cm³/mol. The van der Waals surface area contributed by atoms with Crippen LogP contribution in [-0.4, -0.2) is 10.2 Å². The molecule has 0 aliphatic rings. The second-order valence-electron chi connectivity index (χ2n) is 7.51. The summed E-state index contributed by atoms with van der Waals surface area (Å²) in [6, 6.07) is 15.4. The Morgan fingerprint density at radius 2 is 1.42 bits per heavy atom. The summed E-state index contributed by atoms with van der Waals surface area (Å²) in [5.74, 6) is 1.32. The topological polar surface area (TPSA) is 25.8 Å². The molecule has 0 spiro atoms. The second-order valence-corrected chi connectivity index (χ2v) is 7.51. The van der Waals surface area contributed by atoms with Gasteiger partial charge in [-0.2, -0.15) is 5.10 Å². The molecular formula is C22H26N2. The van der Waals surface area contributed by atoms with E-state index in [0.717, 1.165) is 29.5 Å². The molecule has 3 aromatic rings. The fourth-order valence-electron chi connectivity index (χ4n) is 3.21. The van der Waals surface area contributed by atoms with Gasteiger partial charge in [-0.3, -0.25) is 0 Å². The molecule has 0 aliphatic carbocycles. The lowest BCUT2D eigenvalue weighted by atomic mass is 9.97. The Labute approximate surface area is 144 Å². The quantitative estimate of drug-likeness (QED) is 0.603.